The molecule has 0 spiro atoms. The van der Waals surface area contributed by atoms with Crippen LogP contribution < -0.4 is 14.8 Å². The average molecular weight is 590 g/mol. The molecule has 4 heterocycles. The van der Waals surface area contributed by atoms with Gasteiger partial charge < -0.3 is 24.3 Å². The van der Waals surface area contributed by atoms with Gasteiger partial charge in [-0.05, 0) is 73.1 Å². The highest BCUT2D eigenvalue weighted by Crippen LogP contribution is 2.44. The number of fused-ring (bicyclic) bond motifs is 2. The number of ether oxygens (including phenoxy) is 4. The van der Waals surface area contributed by atoms with Gasteiger partial charge in [-0.2, -0.15) is 0 Å². The third-order valence-corrected chi connectivity index (χ3v) is 9.01. The summed E-state index contributed by atoms with van der Waals surface area (Å²) in [5.41, 5.74) is 1.02. The van der Waals surface area contributed by atoms with E-state index in [0.717, 1.165) is 34.2 Å². The fourth-order valence-electron chi connectivity index (χ4n) is 5.70. The van der Waals surface area contributed by atoms with Crippen LogP contribution in [0.15, 0.2) is 41.1 Å². The van der Waals surface area contributed by atoms with E-state index in [1.165, 1.54) is 25.6 Å². The van der Waals surface area contributed by atoms with Gasteiger partial charge in [-0.1, -0.05) is 18.0 Å². The van der Waals surface area contributed by atoms with E-state index >= 15 is 0 Å². The van der Waals surface area contributed by atoms with Crippen LogP contribution in [0.4, 0.5) is 11.5 Å². The van der Waals surface area contributed by atoms with Crippen molar-refractivity contribution in [2.75, 3.05) is 38.7 Å². The maximum Gasteiger partial charge on any atom is 0.164 e. The molecule has 6 rings (SSSR count). The van der Waals surface area contributed by atoms with Crippen molar-refractivity contribution in [1.82, 2.24) is 14.9 Å². The molecule has 4 atom stereocenters. The van der Waals surface area contributed by atoms with Crippen LogP contribution in [-0.4, -0.2) is 72.1 Å². The van der Waals surface area contributed by atoms with E-state index in [4.69, 9.17) is 30.5 Å². The number of aromatic nitrogens is 2. The normalized spacial score (nSPS) is 27.8. The predicted molar refractivity (Wildman–Crippen MR) is 146 cm³/mol. The molecule has 3 saturated heterocycles. The van der Waals surface area contributed by atoms with Gasteiger partial charge in [0.2, 0.25) is 0 Å². The first kappa shape index (κ1) is 25.1. The molecule has 0 unspecified atom stereocenters. The van der Waals surface area contributed by atoms with Crippen molar-refractivity contribution in [3.63, 3.8) is 0 Å². The molecule has 0 aliphatic carbocycles. The minimum atomic E-state index is -0.526. The van der Waals surface area contributed by atoms with Crippen LogP contribution in [-0.2, 0) is 9.47 Å². The largest absolute Gasteiger partial charge is 0.493 e. The number of benzene rings is 2. The maximum absolute atomic E-state index is 6.55. The summed E-state index contributed by atoms with van der Waals surface area (Å²) in [5.74, 6) is 1.84. The number of halogens is 2. The Morgan fingerprint density at radius 1 is 1.11 bits per heavy atom. The second kappa shape index (κ2) is 10.2. The lowest BCUT2D eigenvalue weighted by Gasteiger charge is -2.35. The topological polar surface area (TPSA) is 78.0 Å². The Bertz CT molecular complexity index is 1310. The van der Waals surface area contributed by atoms with E-state index in [0.29, 0.717) is 35.6 Å². The minimum absolute atomic E-state index is 0.0158. The molecule has 0 amide bonds. The van der Waals surface area contributed by atoms with E-state index in [-0.39, 0.29) is 18.2 Å². The summed E-state index contributed by atoms with van der Waals surface area (Å²) in [6, 6.07) is 9.71. The Morgan fingerprint density at radius 3 is 2.73 bits per heavy atom. The second-order valence-corrected chi connectivity index (χ2v) is 11.3. The van der Waals surface area contributed by atoms with Crippen molar-refractivity contribution in [2.45, 2.75) is 50.0 Å². The van der Waals surface area contributed by atoms with E-state index in [2.05, 4.69) is 43.0 Å². The van der Waals surface area contributed by atoms with Gasteiger partial charge in [0, 0.05) is 21.6 Å². The molecule has 3 aromatic rings. The molecule has 10 heteroatoms. The fourth-order valence-corrected chi connectivity index (χ4v) is 6.13. The Kier molecular flexibility index (Phi) is 6.92. The lowest BCUT2D eigenvalue weighted by atomic mass is 9.92. The van der Waals surface area contributed by atoms with Crippen LogP contribution in [0.25, 0.3) is 10.9 Å². The summed E-state index contributed by atoms with van der Waals surface area (Å²) in [6.07, 6.45) is 5.03. The van der Waals surface area contributed by atoms with Crippen LogP contribution in [0.3, 0.4) is 0 Å². The number of hydrogen-bond acceptors (Lipinski definition) is 8. The minimum Gasteiger partial charge on any atom is -0.493 e. The zero-order valence-corrected chi connectivity index (χ0v) is 23.2. The van der Waals surface area contributed by atoms with Crippen LogP contribution >= 0.6 is 27.5 Å². The van der Waals surface area contributed by atoms with Crippen LogP contribution in [0, 0.1) is 0 Å². The molecule has 8 nitrogen and oxygen atoms in total. The third-order valence-electron chi connectivity index (χ3n) is 7.78. The molecule has 196 valence electrons. The van der Waals surface area contributed by atoms with Gasteiger partial charge in [-0.3, -0.25) is 4.90 Å². The van der Waals surface area contributed by atoms with E-state index in [9.17, 15) is 0 Å². The van der Waals surface area contributed by atoms with Crippen molar-refractivity contribution in [2.24, 2.45) is 0 Å². The number of methoxy groups -OCH3 is 1. The van der Waals surface area contributed by atoms with Gasteiger partial charge in [0.25, 0.3) is 0 Å². The third kappa shape index (κ3) is 4.65. The summed E-state index contributed by atoms with van der Waals surface area (Å²) < 4.78 is 25.8. The first-order chi connectivity index (χ1) is 18.0. The SMILES string of the molecule is COc1cc2c(Nc3ccc(Br)c(Cl)c3)ncnc2cc1O[C@@H]1CO[C@H]2[C@H](N3CCCCC3)CO[C@@]12C. The average Bonchev–Trinajstić information content (AvgIpc) is 3.41. The van der Waals surface area contributed by atoms with Gasteiger partial charge in [-0.25, -0.2) is 9.97 Å². The lowest BCUT2D eigenvalue weighted by Crippen LogP contribution is -2.51. The number of rotatable bonds is 6. The Hall–Kier alpha value is -2.17. The number of hydrogen-bond donors (Lipinski definition) is 1. The van der Waals surface area contributed by atoms with Crippen molar-refractivity contribution < 1.29 is 18.9 Å². The molecule has 3 aliphatic rings. The molecular weight excluding hydrogens is 560 g/mol. The highest BCUT2D eigenvalue weighted by atomic mass is 79.9. The molecule has 3 fully saturated rings. The van der Waals surface area contributed by atoms with E-state index in [1.54, 1.807) is 7.11 Å². The van der Waals surface area contributed by atoms with Crippen LogP contribution in [0.2, 0.25) is 5.02 Å². The van der Waals surface area contributed by atoms with Gasteiger partial charge >= 0.3 is 0 Å². The lowest BCUT2D eigenvalue weighted by molar-refractivity contribution is -0.0535. The highest BCUT2D eigenvalue weighted by molar-refractivity contribution is 9.10. The molecule has 3 aliphatic heterocycles. The molecule has 2 aromatic carbocycles. The molecule has 0 bridgehead atoms. The van der Waals surface area contributed by atoms with Gasteiger partial charge in [0.15, 0.2) is 17.6 Å². The molecular formula is C27H30BrClN4O4. The molecule has 37 heavy (non-hydrogen) atoms. The molecule has 1 aromatic heterocycles. The van der Waals surface area contributed by atoms with Crippen molar-refractivity contribution >= 4 is 49.9 Å². The van der Waals surface area contributed by atoms with E-state index in [1.807, 2.05) is 30.3 Å². The zero-order valence-electron chi connectivity index (χ0n) is 20.9. The molecule has 0 saturated carbocycles. The quantitative estimate of drug-likeness (QED) is 0.399. The second-order valence-electron chi connectivity index (χ2n) is 10.0. The number of piperidine rings is 1. The standard InChI is InChI=1S/C27H30BrClN4O4/c1-27-24(14-35-25(27)21(13-36-27)33-8-4-3-5-9-33)37-23-12-20-17(11-22(23)34-2)26(31-15-30-20)32-16-6-7-18(28)19(29)10-16/h6-7,10-12,15,21,24-25H,3-5,8-9,13-14H2,1-2H3,(H,30,31,32)/t21-,24-,25+,27+/m1/s1. The zero-order chi connectivity index (χ0) is 25.6. The van der Waals surface area contributed by atoms with Crippen molar-refractivity contribution in [1.29, 1.82) is 0 Å². The summed E-state index contributed by atoms with van der Waals surface area (Å²) >= 11 is 9.70. The maximum atomic E-state index is 6.55. The van der Waals surface area contributed by atoms with E-state index < -0.39 is 5.60 Å². The summed E-state index contributed by atoms with van der Waals surface area (Å²) in [4.78, 5) is 11.5. The Morgan fingerprint density at radius 2 is 1.95 bits per heavy atom. The van der Waals surface area contributed by atoms with Gasteiger partial charge in [0.1, 0.15) is 23.9 Å². The van der Waals surface area contributed by atoms with Gasteiger partial charge in [0.05, 0.1) is 36.9 Å². The number of anilines is 2. The van der Waals surface area contributed by atoms with Crippen LogP contribution in [0.1, 0.15) is 26.2 Å². The summed E-state index contributed by atoms with van der Waals surface area (Å²) in [7, 11) is 1.63. The highest BCUT2D eigenvalue weighted by Gasteiger charge is 2.59. The smallest absolute Gasteiger partial charge is 0.164 e. The monoisotopic (exact) mass is 588 g/mol. The van der Waals surface area contributed by atoms with Crippen LogP contribution in [0.5, 0.6) is 11.5 Å². The fraction of sp³-hybridized carbons (Fsp3) is 0.481. The Labute approximate surface area is 229 Å². The predicted octanol–water partition coefficient (Wildman–Crippen LogP) is 5.59. The van der Waals surface area contributed by atoms with Crippen molar-refractivity contribution in [3.05, 3.63) is 46.2 Å². The van der Waals surface area contributed by atoms with Crippen molar-refractivity contribution in [3.8, 4) is 11.5 Å². The van der Waals surface area contributed by atoms with Gasteiger partial charge in [-0.15, -0.1) is 0 Å². The first-order valence-electron chi connectivity index (χ1n) is 12.7. The summed E-state index contributed by atoms with van der Waals surface area (Å²) in [5, 5.41) is 4.75. The number of likely N-dealkylation sites (tertiary alicyclic amines) is 1. The number of nitrogens with zero attached hydrogens (tertiary/aromatic N) is 3. The molecule has 1 N–H and O–H groups in total. The molecule has 0 radical (unpaired) electrons. The number of nitrogens with one attached hydrogen (secondary N) is 1. The first-order valence-corrected chi connectivity index (χ1v) is 13.8. The Balaban J connectivity index is 1.26. The summed E-state index contributed by atoms with van der Waals surface area (Å²) in [6.45, 7) is 5.46.